The molecule has 7 heteroatoms. The molecule has 0 aliphatic heterocycles. The number of aromatic amines is 1. The first-order chi connectivity index (χ1) is 8.66. The number of nitrogens with zero attached hydrogens (tertiary/aromatic N) is 3. The molecule has 2 aromatic rings. The molecule has 0 radical (unpaired) electrons. The van der Waals surface area contributed by atoms with Gasteiger partial charge < -0.3 is 10.1 Å². The van der Waals surface area contributed by atoms with Crippen LogP contribution >= 0.6 is 11.8 Å². The highest BCUT2D eigenvalue weighted by Crippen LogP contribution is 2.23. The van der Waals surface area contributed by atoms with Gasteiger partial charge in [-0.05, 0) is 25.5 Å². The Balaban J connectivity index is 1.93. The van der Waals surface area contributed by atoms with Crippen LogP contribution in [0.1, 0.15) is 25.1 Å². The van der Waals surface area contributed by atoms with Crippen molar-refractivity contribution in [1.82, 2.24) is 19.9 Å². The van der Waals surface area contributed by atoms with E-state index in [0.717, 1.165) is 28.5 Å². The normalized spacial score (nSPS) is 10.9. The minimum atomic E-state index is -0.742. The summed E-state index contributed by atoms with van der Waals surface area (Å²) < 4.78 is 0. The number of H-pyrrole nitrogens is 1. The van der Waals surface area contributed by atoms with Gasteiger partial charge >= 0.3 is 5.97 Å². The number of aryl methyl sites for hydroxylation is 1. The van der Waals surface area contributed by atoms with Gasteiger partial charge in [0.15, 0.2) is 5.65 Å². The Morgan fingerprint density at radius 1 is 1.44 bits per heavy atom. The Kier molecular flexibility index (Phi) is 4.14. The predicted molar refractivity (Wildman–Crippen MR) is 68.6 cm³/mol. The van der Waals surface area contributed by atoms with Crippen LogP contribution in [0, 0.1) is 6.92 Å². The smallest absolute Gasteiger partial charge is 0.303 e. The molecular weight excluding hydrogens is 252 g/mol. The maximum Gasteiger partial charge on any atom is 0.303 e. The van der Waals surface area contributed by atoms with Crippen LogP contribution in [0.25, 0.3) is 11.2 Å². The van der Waals surface area contributed by atoms with E-state index in [0.29, 0.717) is 12.1 Å². The molecule has 0 atom stereocenters. The lowest BCUT2D eigenvalue weighted by atomic mass is 10.3. The van der Waals surface area contributed by atoms with E-state index in [1.54, 1.807) is 11.8 Å². The SMILES string of the molecule is Cc1nc2ncnc(SCCCCC(=O)O)c2[nH]1. The van der Waals surface area contributed by atoms with Crippen molar-refractivity contribution in [2.24, 2.45) is 0 Å². The van der Waals surface area contributed by atoms with Crippen LogP contribution in [0.2, 0.25) is 0 Å². The van der Waals surface area contributed by atoms with Crippen LogP contribution < -0.4 is 0 Å². The molecule has 0 aromatic carbocycles. The highest BCUT2D eigenvalue weighted by Gasteiger charge is 2.08. The van der Waals surface area contributed by atoms with Crippen LogP contribution in [0.5, 0.6) is 0 Å². The van der Waals surface area contributed by atoms with E-state index >= 15 is 0 Å². The number of hydrogen-bond acceptors (Lipinski definition) is 5. The van der Waals surface area contributed by atoms with Gasteiger partial charge in [-0.1, -0.05) is 0 Å². The van der Waals surface area contributed by atoms with Gasteiger partial charge in [0.05, 0.1) is 0 Å². The molecule has 2 N–H and O–H groups in total. The summed E-state index contributed by atoms with van der Waals surface area (Å²) in [5.74, 6) is 0.920. The summed E-state index contributed by atoms with van der Waals surface area (Å²) in [6.45, 7) is 1.88. The van der Waals surface area contributed by atoms with E-state index in [2.05, 4.69) is 19.9 Å². The van der Waals surface area contributed by atoms with Gasteiger partial charge in [-0.25, -0.2) is 15.0 Å². The summed E-state index contributed by atoms with van der Waals surface area (Å²) in [6.07, 6.45) is 3.28. The van der Waals surface area contributed by atoms with E-state index in [1.165, 1.54) is 6.33 Å². The highest BCUT2D eigenvalue weighted by molar-refractivity contribution is 7.99. The summed E-state index contributed by atoms with van der Waals surface area (Å²) in [5, 5.41) is 9.40. The van der Waals surface area contributed by atoms with Gasteiger partial charge in [-0.3, -0.25) is 4.79 Å². The van der Waals surface area contributed by atoms with Crippen molar-refractivity contribution in [3.05, 3.63) is 12.2 Å². The quantitative estimate of drug-likeness (QED) is 0.472. The molecule has 0 bridgehead atoms. The fraction of sp³-hybridized carbons (Fsp3) is 0.455. The zero-order valence-electron chi connectivity index (χ0n) is 10.0. The number of unbranched alkanes of at least 4 members (excludes halogenated alkanes) is 1. The molecule has 96 valence electrons. The largest absolute Gasteiger partial charge is 0.481 e. The van der Waals surface area contributed by atoms with Gasteiger partial charge in [0.25, 0.3) is 0 Å². The first-order valence-electron chi connectivity index (χ1n) is 5.68. The van der Waals surface area contributed by atoms with Crippen molar-refractivity contribution in [2.45, 2.75) is 31.2 Å². The zero-order valence-corrected chi connectivity index (χ0v) is 10.8. The van der Waals surface area contributed by atoms with E-state index in [1.807, 2.05) is 6.92 Å². The molecule has 0 spiro atoms. The Labute approximate surface area is 108 Å². The Bertz CT molecular complexity index is 555. The molecule has 0 unspecified atom stereocenters. The van der Waals surface area contributed by atoms with Crippen molar-refractivity contribution in [1.29, 1.82) is 0 Å². The van der Waals surface area contributed by atoms with Crippen LogP contribution in [0.15, 0.2) is 11.4 Å². The minimum absolute atomic E-state index is 0.225. The molecule has 0 saturated carbocycles. The Hall–Kier alpha value is -1.63. The molecule has 18 heavy (non-hydrogen) atoms. The highest BCUT2D eigenvalue weighted by atomic mass is 32.2. The standard InChI is InChI=1S/C11H14N4O2S/c1-7-14-9-10(15-7)12-6-13-11(9)18-5-3-2-4-8(16)17/h6H,2-5H2,1H3,(H,16,17)(H,12,13,14,15). The molecule has 0 aliphatic rings. The summed E-state index contributed by atoms with van der Waals surface area (Å²) in [4.78, 5) is 26.1. The summed E-state index contributed by atoms with van der Waals surface area (Å²) in [5.41, 5.74) is 1.54. The second kappa shape index (κ2) is 5.81. The molecular formula is C11H14N4O2S. The molecule has 2 aromatic heterocycles. The number of thioether (sulfide) groups is 1. The van der Waals surface area contributed by atoms with Gasteiger partial charge in [-0.2, -0.15) is 0 Å². The first kappa shape index (κ1) is 12.8. The zero-order chi connectivity index (χ0) is 13.0. The molecule has 0 aliphatic carbocycles. The Morgan fingerprint density at radius 2 is 2.28 bits per heavy atom. The van der Waals surface area contributed by atoms with Gasteiger partial charge in [0.2, 0.25) is 0 Å². The third-order valence-corrected chi connectivity index (χ3v) is 3.47. The molecule has 0 amide bonds. The van der Waals surface area contributed by atoms with E-state index in [4.69, 9.17) is 5.11 Å². The fourth-order valence-electron chi connectivity index (χ4n) is 1.58. The second-order valence-electron chi connectivity index (χ2n) is 3.90. The van der Waals surface area contributed by atoms with E-state index in [-0.39, 0.29) is 6.42 Å². The minimum Gasteiger partial charge on any atom is -0.481 e. The lowest BCUT2D eigenvalue weighted by Gasteiger charge is -2.00. The number of carboxylic acid groups (broad SMARTS) is 1. The lowest BCUT2D eigenvalue weighted by Crippen LogP contribution is -1.94. The van der Waals surface area contributed by atoms with Crippen LogP contribution in [-0.2, 0) is 4.79 Å². The van der Waals surface area contributed by atoms with Gasteiger partial charge in [0.1, 0.15) is 22.7 Å². The van der Waals surface area contributed by atoms with Crippen molar-refractivity contribution in [2.75, 3.05) is 5.75 Å². The monoisotopic (exact) mass is 266 g/mol. The van der Waals surface area contributed by atoms with Gasteiger partial charge in [-0.15, -0.1) is 11.8 Å². The van der Waals surface area contributed by atoms with Gasteiger partial charge in [0, 0.05) is 6.42 Å². The number of fused-ring (bicyclic) bond motifs is 1. The average Bonchev–Trinajstić information content (AvgIpc) is 2.69. The number of nitrogens with one attached hydrogen (secondary N) is 1. The lowest BCUT2D eigenvalue weighted by molar-refractivity contribution is -0.137. The first-order valence-corrected chi connectivity index (χ1v) is 6.67. The van der Waals surface area contributed by atoms with Crippen molar-refractivity contribution in [3.63, 3.8) is 0 Å². The van der Waals surface area contributed by atoms with Crippen molar-refractivity contribution >= 4 is 28.9 Å². The van der Waals surface area contributed by atoms with Crippen molar-refractivity contribution < 1.29 is 9.90 Å². The number of carboxylic acids is 1. The summed E-state index contributed by atoms with van der Waals surface area (Å²) in [7, 11) is 0. The number of hydrogen-bond donors (Lipinski definition) is 2. The topological polar surface area (TPSA) is 91.8 Å². The van der Waals surface area contributed by atoms with E-state index < -0.39 is 5.97 Å². The number of aromatic nitrogens is 4. The second-order valence-corrected chi connectivity index (χ2v) is 4.98. The van der Waals surface area contributed by atoms with Crippen LogP contribution in [0.4, 0.5) is 0 Å². The molecule has 2 heterocycles. The summed E-state index contributed by atoms with van der Waals surface area (Å²) >= 11 is 1.60. The van der Waals surface area contributed by atoms with Crippen LogP contribution in [-0.4, -0.2) is 36.8 Å². The average molecular weight is 266 g/mol. The van der Waals surface area contributed by atoms with E-state index in [9.17, 15) is 4.79 Å². The maximum absolute atomic E-state index is 10.4. The fourth-order valence-corrected chi connectivity index (χ4v) is 2.53. The van der Waals surface area contributed by atoms with Crippen LogP contribution in [0.3, 0.4) is 0 Å². The Morgan fingerprint density at radius 3 is 3.06 bits per heavy atom. The molecule has 2 rings (SSSR count). The third kappa shape index (κ3) is 3.19. The molecule has 0 saturated heterocycles. The molecule has 6 nitrogen and oxygen atoms in total. The number of carbonyl (C=O) groups is 1. The summed E-state index contributed by atoms with van der Waals surface area (Å²) in [6, 6.07) is 0. The predicted octanol–water partition coefficient (Wildman–Crippen LogP) is 2.01. The molecule has 0 fully saturated rings. The number of aliphatic carboxylic acids is 1. The number of imidazole rings is 1. The number of rotatable bonds is 6. The third-order valence-electron chi connectivity index (χ3n) is 2.40. The maximum atomic E-state index is 10.4. The van der Waals surface area contributed by atoms with Crippen molar-refractivity contribution in [3.8, 4) is 0 Å².